The fourth-order valence-electron chi connectivity index (χ4n) is 1.22. The molecule has 0 bridgehead atoms. The minimum Gasteiger partial charge on any atom is -0.425 e. The Morgan fingerprint density at radius 2 is 1.90 bits per heavy atom. The second-order valence-electron chi connectivity index (χ2n) is 4.50. The molecule has 0 aliphatic carbocycles. The van der Waals surface area contributed by atoms with Crippen LogP contribution in [0.1, 0.15) is 13.8 Å². The summed E-state index contributed by atoms with van der Waals surface area (Å²) in [5.74, 6) is -0.912. The Balaban J connectivity index is 3.06. The number of carbonyl (C=O) groups excluding carboxylic acids is 1. The van der Waals surface area contributed by atoms with Gasteiger partial charge in [0.05, 0.1) is 4.90 Å². The molecule has 0 aliphatic heterocycles. The van der Waals surface area contributed by atoms with Gasteiger partial charge >= 0.3 is 16.5 Å². The van der Waals surface area contributed by atoms with Crippen LogP contribution in [0.2, 0.25) is 0 Å². The van der Waals surface area contributed by atoms with Crippen LogP contribution in [0, 0.1) is 0 Å². The summed E-state index contributed by atoms with van der Waals surface area (Å²) >= 11 is 0. The van der Waals surface area contributed by atoms with Gasteiger partial charge in [-0.15, -0.1) is 0 Å². The third-order valence-electron chi connectivity index (χ3n) is 2.25. The first-order chi connectivity index (χ1) is 9.02. The Kier molecular flexibility index (Phi) is 4.66. The maximum Gasteiger partial charge on any atom is 0.340 e. The first-order valence-corrected chi connectivity index (χ1v) is 8.29. The van der Waals surface area contributed by atoms with Crippen molar-refractivity contribution in [3.8, 4) is 5.75 Å². The molecule has 0 aromatic heterocycles. The molecule has 0 saturated heterocycles. The van der Waals surface area contributed by atoms with Crippen LogP contribution in [0.4, 0.5) is 0 Å². The van der Waals surface area contributed by atoms with Crippen molar-refractivity contribution in [2.75, 3.05) is 6.26 Å². The first-order valence-electron chi connectivity index (χ1n) is 5.37. The minimum atomic E-state index is -3.43. The Labute approximate surface area is 118 Å². The zero-order chi connectivity index (χ0) is 15.6. The predicted molar refractivity (Wildman–Crippen MR) is 70.6 cm³/mol. The molecule has 0 aliphatic rings. The van der Waals surface area contributed by atoms with Crippen LogP contribution in [0.15, 0.2) is 33.5 Å². The first kappa shape index (κ1) is 16.3. The molecule has 0 heterocycles. The minimum absolute atomic E-state index is 0.00196. The molecule has 1 aromatic rings. The van der Waals surface area contributed by atoms with Crippen molar-refractivity contribution in [3.05, 3.63) is 24.3 Å². The van der Waals surface area contributed by atoms with E-state index in [1.165, 1.54) is 38.1 Å². The van der Waals surface area contributed by atoms with Crippen molar-refractivity contribution in [2.24, 2.45) is 4.36 Å². The van der Waals surface area contributed by atoms with Gasteiger partial charge in [0.1, 0.15) is 5.75 Å². The van der Waals surface area contributed by atoms with Gasteiger partial charge in [-0.05, 0) is 32.0 Å². The third kappa shape index (κ3) is 4.42. The van der Waals surface area contributed by atoms with E-state index in [4.69, 9.17) is 4.74 Å². The smallest absolute Gasteiger partial charge is 0.340 e. The quantitative estimate of drug-likeness (QED) is 0.601. The number of nitrogens with zero attached hydrogens (tertiary/aromatic N) is 1. The van der Waals surface area contributed by atoms with Crippen molar-refractivity contribution >= 4 is 26.3 Å². The SMILES string of the molecule is CC(C)(N=S(=O)=O)C(=O)Oc1cccc(S(C)(=O)=O)c1. The Morgan fingerprint density at radius 3 is 2.40 bits per heavy atom. The predicted octanol–water partition coefficient (Wildman–Crippen LogP) is 0.837. The van der Waals surface area contributed by atoms with Gasteiger partial charge in [0, 0.05) is 6.26 Å². The summed E-state index contributed by atoms with van der Waals surface area (Å²) in [4.78, 5) is 11.8. The molecule has 0 atom stereocenters. The highest BCUT2D eigenvalue weighted by atomic mass is 32.2. The van der Waals surface area contributed by atoms with Gasteiger partial charge in [-0.2, -0.15) is 12.8 Å². The van der Waals surface area contributed by atoms with Crippen LogP contribution in [0.25, 0.3) is 0 Å². The van der Waals surface area contributed by atoms with Crippen molar-refractivity contribution < 1.29 is 26.4 Å². The summed E-state index contributed by atoms with van der Waals surface area (Å²) in [5.41, 5.74) is -1.59. The zero-order valence-electron chi connectivity index (χ0n) is 11.0. The van der Waals surface area contributed by atoms with Gasteiger partial charge in [0.25, 0.3) is 0 Å². The van der Waals surface area contributed by atoms with E-state index in [1.807, 2.05) is 0 Å². The van der Waals surface area contributed by atoms with Gasteiger partial charge in [-0.1, -0.05) is 6.07 Å². The summed E-state index contributed by atoms with van der Waals surface area (Å²) in [5, 5.41) is 0. The van der Waals surface area contributed by atoms with E-state index in [0.29, 0.717) is 0 Å². The fraction of sp³-hybridized carbons (Fsp3) is 0.364. The topological polar surface area (TPSA) is 107 Å². The zero-order valence-corrected chi connectivity index (χ0v) is 12.7. The number of benzene rings is 1. The van der Waals surface area contributed by atoms with E-state index in [2.05, 4.69) is 4.36 Å². The Hall–Kier alpha value is -1.74. The molecule has 0 unspecified atom stereocenters. The lowest BCUT2D eigenvalue weighted by Crippen LogP contribution is -2.33. The Bertz CT molecular complexity index is 754. The fourth-order valence-corrected chi connectivity index (χ4v) is 2.33. The molecule has 7 nitrogen and oxygen atoms in total. The number of hydrogen-bond donors (Lipinski definition) is 0. The molecule has 1 rings (SSSR count). The van der Waals surface area contributed by atoms with Gasteiger partial charge in [-0.3, -0.25) is 0 Å². The third-order valence-corrected chi connectivity index (χ3v) is 3.96. The van der Waals surface area contributed by atoms with Crippen molar-refractivity contribution in [2.45, 2.75) is 24.3 Å². The maximum absolute atomic E-state index is 11.8. The molecule has 0 saturated carbocycles. The number of rotatable bonds is 4. The van der Waals surface area contributed by atoms with Crippen molar-refractivity contribution in [1.82, 2.24) is 0 Å². The van der Waals surface area contributed by atoms with Crippen LogP contribution >= 0.6 is 0 Å². The molecule has 0 N–H and O–H groups in total. The average Bonchev–Trinajstić information content (AvgIpc) is 2.26. The van der Waals surface area contributed by atoms with E-state index in [9.17, 15) is 21.6 Å². The molecule has 0 fully saturated rings. The number of ether oxygens (including phenoxy) is 1. The monoisotopic (exact) mass is 319 g/mol. The number of esters is 1. The standard InChI is InChI=1S/C11H13NO6S2/c1-11(2,12-19(14)15)10(13)18-8-5-4-6-9(7-8)20(3,16)17/h4-7H,1-3H3. The lowest BCUT2D eigenvalue weighted by Gasteiger charge is -2.15. The number of sulfone groups is 1. The molecule has 20 heavy (non-hydrogen) atoms. The van der Waals surface area contributed by atoms with Crippen molar-refractivity contribution in [3.63, 3.8) is 0 Å². The number of hydrogen-bond acceptors (Lipinski definition) is 7. The largest absolute Gasteiger partial charge is 0.425 e. The van der Waals surface area contributed by atoms with Crippen LogP contribution < -0.4 is 4.74 Å². The van der Waals surface area contributed by atoms with Gasteiger partial charge in [-0.25, -0.2) is 13.2 Å². The van der Waals surface area contributed by atoms with Crippen LogP contribution in [-0.2, 0) is 25.1 Å². The lowest BCUT2D eigenvalue weighted by atomic mass is 10.1. The second kappa shape index (κ2) is 5.71. The lowest BCUT2D eigenvalue weighted by molar-refractivity contribution is -0.139. The highest BCUT2D eigenvalue weighted by Gasteiger charge is 2.30. The summed E-state index contributed by atoms with van der Waals surface area (Å²) in [7, 11) is -6.18. The number of carbonyl (C=O) groups is 1. The molecule has 9 heteroatoms. The molecule has 0 spiro atoms. The van der Waals surface area contributed by atoms with Crippen LogP contribution in [0.5, 0.6) is 5.75 Å². The average molecular weight is 319 g/mol. The molecular formula is C11H13NO6S2. The maximum atomic E-state index is 11.8. The van der Waals surface area contributed by atoms with Crippen LogP contribution in [-0.4, -0.2) is 34.6 Å². The van der Waals surface area contributed by atoms with E-state index in [-0.39, 0.29) is 10.6 Å². The highest BCUT2D eigenvalue weighted by Crippen LogP contribution is 2.20. The molecule has 0 amide bonds. The van der Waals surface area contributed by atoms with Gasteiger partial charge < -0.3 is 4.74 Å². The summed E-state index contributed by atoms with van der Waals surface area (Å²) < 4.78 is 51.9. The summed E-state index contributed by atoms with van der Waals surface area (Å²) in [6, 6.07) is 5.33. The van der Waals surface area contributed by atoms with Crippen LogP contribution in [0.3, 0.4) is 0 Å². The Morgan fingerprint density at radius 1 is 1.30 bits per heavy atom. The molecule has 110 valence electrons. The molecular weight excluding hydrogens is 306 g/mol. The van der Waals surface area contributed by atoms with Crippen molar-refractivity contribution in [1.29, 1.82) is 0 Å². The van der Waals surface area contributed by atoms with E-state index < -0.39 is 31.8 Å². The molecule has 0 radical (unpaired) electrons. The van der Waals surface area contributed by atoms with E-state index in [0.717, 1.165) is 6.26 Å². The summed E-state index contributed by atoms with van der Waals surface area (Å²) in [6.07, 6.45) is 1.02. The summed E-state index contributed by atoms with van der Waals surface area (Å²) in [6.45, 7) is 2.54. The second-order valence-corrected chi connectivity index (χ2v) is 7.14. The van der Waals surface area contributed by atoms with Gasteiger partial charge in [0.2, 0.25) is 0 Å². The van der Waals surface area contributed by atoms with E-state index in [1.54, 1.807) is 0 Å². The molecule has 1 aromatic carbocycles. The normalized spacial score (nSPS) is 11.8. The van der Waals surface area contributed by atoms with E-state index >= 15 is 0 Å². The highest BCUT2D eigenvalue weighted by molar-refractivity contribution is 7.90. The van der Waals surface area contributed by atoms with Gasteiger partial charge in [0.15, 0.2) is 15.4 Å².